The normalized spacial score (nSPS) is 11.7. The summed E-state index contributed by atoms with van der Waals surface area (Å²) in [6.45, 7) is 0. The van der Waals surface area contributed by atoms with Gasteiger partial charge in [0.05, 0.1) is 16.7 Å². The Kier molecular flexibility index (Phi) is 7.89. The lowest BCUT2D eigenvalue weighted by Gasteiger charge is -2.27. The first-order valence-corrected chi connectivity index (χ1v) is 20.7. The standard InChI is InChI=1S/C58H38N2/c1-2-15-44(16-3-1)59(56-24-12-14-41-13-4-5-17-47(41)56)45-31-25-40(26-32-45)43-30-36-58-55(38-43)53-22-10-11-23-57(53)60(58)46-33-27-39(28-34-46)42-29-35-52-50-20-7-6-18-48(50)49-19-8-9-21-51(49)54(52)37-42/h1-38H. The van der Waals surface area contributed by atoms with E-state index in [1.54, 1.807) is 0 Å². The van der Waals surface area contributed by atoms with Crippen molar-refractivity contribution in [3.05, 3.63) is 231 Å². The Morgan fingerprint density at radius 2 is 0.733 bits per heavy atom. The summed E-state index contributed by atoms with van der Waals surface area (Å²) >= 11 is 0. The van der Waals surface area contributed by atoms with Crippen LogP contribution >= 0.6 is 0 Å². The molecule has 0 saturated heterocycles. The van der Waals surface area contributed by atoms with Crippen LogP contribution in [0.1, 0.15) is 0 Å². The van der Waals surface area contributed by atoms with Gasteiger partial charge in [0, 0.05) is 33.2 Å². The lowest BCUT2D eigenvalue weighted by Crippen LogP contribution is -2.10. The molecule has 0 aliphatic heterocycles. The topological polar surface area (TPSA) is 8.17 Å². The van der Waals surface area contributed by atoms with Gasteiger partial charge in [-0.3, -0.25) is 0 Å². The van der Waals surface area contributed by atoms with Crippen molar-refractivity contribution < 1.29 is 0 Å². The second kappa shape index (κ2) is 13.9. The Hall–Kier alpha value is -7.94. The average Bonchev–Trinajstić information content (AvgIpc) is 3.66. The maximum absolute atomic E-state index is 2.41. The van der Waals surface area contributed by atoms with E-state index in [-0.39, 0.29) is 0 Å². The quantitative estimate of drug-likeness (QED) is 0.153. The summed E-state index contributed by atoms with van der Waals surface area (Å²) in [4.78, 5) is 2.36. The van der Waals surface area contributed by atoms with Crippen molar-refractivity contribution in [3.8, 4) is 27.9 Å². The molecule has 0 unspecified atom stereocenters. The largest absolute Gasteiger partial charge is 0.310 e. The summed E-state index contributed by atoms with van der Waals surface area (Å²) in [5, 5.41) is 12.7. The van der Waals surface area contributed by atoms with Crippen LogP contribution < -0.4 is 4.90 Å². The predicted octanol–water partition coefficient (Wildman–Crippen LogP) is 16.2. The van der Waals surface area contributed by atoms with Gasteiger partial charge in [-0.05, 0) is 127 Å². The molecule has 0 aliphatic carbocycles. The van der Waals surface area contributed by atoms with E-state index in [0.29, 0.717) is 0 Å². The van der Waals surface area contributed by atoms with Crippen LogP contribution in [0.2, 0.25) is 0 Å². The Balaban J connectivity index is 0.913. The molecule has 2 nitrogen and oxygen atoms in total. The van der Waals surface area contributed by atoms with E-state index in [1.807, 2.05) is 0 Å². The number of rotatable bonds is 6. The molecule has 1 heterocycles. The highest BCUT2D eigenvalue weighted by atomic mass is 15.1. The van der Waals surface area contributed by atoms with E-state index >= 15 is 0 Å². The molecule has 0 amide bonds. The average molecular weight is 763 g/mol. The van der Waals surface area contributed by atoms with Crippen molar-refractivity contribution in [1.29, 1.82) is 0 Å². The van der Waals surface area contributed by atoms with Gasteiger partial charge in [-0.2, -0.15) is 0 Å². The number of aromatic nitrogens is 1. The number of fused-ring (bicyclic) bond motifs is 10. The molecule has 1 aromatic heterocycles. The van der Waals surface area contributed by atoms with E-state index < -0.39 is 0 Å². The third kappa shape index (κ3) is 5.50. The van der Waals surface area contributed by atoms with Gasteiger partial charge >= 0.3 is 0 Å². The fourth-order valence-corrected chi connectivity index (χ4v) is 9.53. The van der Waals surface area contributed by atoms with E-state index in [9.17, 15) is 0 Å². The van der Waals surface area contributed by atoms with Gasteiger partial charge < -0.3 is 9.47 Å². The van der Waals surface area contributed by atoms with Gasteiger partial charge in [-0.1, -0.05) is 164 Å². The molecule has 60 heavy (non-hydrogen) atoms. The van der Waals surface area contributed by atoms with Gasteiger partial charge in [0.1, 0.15) is 0 Å². The minimum absolute atomic E-state index is 1.12. The van der Waals surface area contributed by atoms with Crippen LogP contribution in [0, 0.1) is 0 Å². The van der Waals surface area contributed by atoms with Gasteiger partial charge in [0.25, 0.3) is 0 Å². The monoisotopic (exact) mass is 762 g/mol. The molecule has 280 valence electrons. The van der Waals surface area contributed by atoms with Gasteiger partial charge in [0.2, 0.25) is 0 Å². The Morgan fingerprint density at radius 3 is 1.43 bits per heavy atom. The minimum Gasteiger partial charge on any atom is -0.310 e. The molecule has 0 aliphatic rings. The van der Waals surface area contributed by atoms with E-state index in [0.717, 1.165) is 22.7 Å². The van der Waals surface area contributed by atoms with Crippen molar-refractivity contribution in [2.24, 2.45) is 0 Å². The fraction of sp³-hybridized carbons (Fsp3) is 0. The van der Waals surface area contributed by atoms with Crippen molar-refractivity contribution in [3.63, 3.8) is 0 Å². The summed E-state index contributed by atoms with van der Waals surface area (Å²) in [5.74, 6) is 0. The van der Waals surface area contributed by atoms with E-state index in [1.165, 1.54) is 87.1 Å². The van der Waals surface area contributed by atoms with Gasteiger partial charge in [-0.25, -0.2) is 0 Å². The lowest BCUT2D eigenvalue weighted by atomic mass is 9.92. The summed E-state index contributed by atoms with van der Waals surface area (Å²) < 4.78 is 2.41. The predicted molar refractivity (Wildman–Crippen MR) is 256 cm³/mol. The Morgan fingerprint density at radius 1 is 0.267 bits per heavy atom. The fourth-order valence-electron chi connectivity index (χ4n) is 9.53. The molecule has 0 N–H and O–H groups in total. The number of benzene rings is 11. The zero-order chi connectivity index (χ0) is 39.6. The highest BCUT2D eigenvalue weighted by Crippen LogP contribution is 2.41. The third-order valence-corrected chi connectivity index (χ3v) is 12.4. The van der Waals surface area contributed by atoms with Crippen molar-refractivity contribution in [2.75, 3.05) is 4.90 Å². The zero-order valence-corrected chi connectivity index (χ0v) is 32.8. The molecule has 0 fully saturated rings. The Labute approximate surface area is 348 Å². The molecular weight excluding hydrogens is 725 g/mol. The van der Waals surface area contributed by atoms with Crippen LogP contribution in [0.4, 0.5) is 17.1 Å². The molecule has 0 saturated carbocycles. The lowest BCUT2D eigenvalue weighted by molar-refractivity contribution is 1.18. The van der Waals surface area contributed by atoms with Crippen LogP contribution in [-0.2, 0) is 0 Å². The first-order valence-electron chi connectivity index (χ1n) is 20.7. The van der Waals surface area contributed by atoms with Crippen LogP contribution in [0.25, 0.3) is 92.8 Å². The molecule has 0 spiro atoms. The number of anilines is 3. The highest BCUT2D eigenvalue weighted by molar-refractivity contribution is 6.25. The summed E-state index contributed by atoms with van der Waals surface area (Å²) in [6.07, 6.45) is 0. The number of nitrogens with zero attached hydrogens (tertiary/aromatic N) is 2. The molecule has 11 aromatic carbocycles. The molecule has 0 bridgehead atoms. The molecule has 12 aromatic rings. The van der Waals surface area contributed by atoms with Gasteiger partial charge in [0.15, 0.2) is 0 Å². The van der Waals surface area contributed by atoms with Crippen LogP contribution in [0.15, 0.2) is 231 Å². The molecule has 0 atom stereocenters. The van der Waals surface area contributed by atoms with Gasteiger partial charge in [-0.15, -0.1) is 0 Å². The third-order valence-electron chi connectivity index (χ3n) is 12.4. The van der Waals surface area contributed by atoms with Crippen molar-refractivity contribution in [1.82, 2.24) is 4.57 Å². The zero-order valence-electron chi connectivity index (χ0n) is 32.8. The summed E-state index contributed by atoms with van der Waals surface area (Å²) in [6, 6.07) is 84.1. The second-order valence-electron chi connectivity index (χ2n) is 15.7. The minimum atomic E-state index is 1.12. The first kappa shape index (κ1) is 34.1. The maximum Gasteiger partial charge on any atom is 0.0541 e. The van der Waals surface area contributed by atoms with Crippen molar-refractivity contribution in [2.45, 2.75) is 0 Å². The van der Waals surface area contributed by atoms with Crippen LogP contribution in [-0.4, -0.2) is 4.57 Å². The smallest absolute Gasteiger partial charge is 0.0541 e. The van der Waals surface area contributed by atoms with Crippen LogP contribution in [0.3, 0.4) is 0 Å². The molecule has 0 radical (unpaired) electrons. The van der Waals surface area contributed by atoms with E-state index in [4.69, 9.17) is 0 Å². The highest BCUT2D eigenvalue weighted by Gasteiger charge is 2.17. The second-order valence-corrected chi connectivity index (χ2v) is 15.7. The van der Waals surface area contributed by atoms with Crippen LogP contribution in [0.5, 0.6) is 0 Å². The molecular formula is C58H38N2. The Bertz CT molecular complexity index is 3540. The maximum atomic E-state index is 2.41. The number of para-hydroxylation sites is 2. The number of hydrogen-bond donors (Lipinski definition) is 0. The first-order chi connectivity index (χ1) is 29.8. The SMILES string of the molecule is c1ccc(N(c2ccc(-c3ccc4c(c3)c3ccccc3n4-c3ccc(-c4ccc5c6ccccc6c6ccccc6c5c4)cc3)cc2)c2cccc3ccccc23)cc1. The molecule has 2 heteroatoms. The number of hydrogen-bond acceptors (Lipinski definition) is 1. The molecule has 12 rings (SSSR count). The van der Waals surface area contributed by atoms with E-state index in [2.05, 4.69) is 240 Å². The summed E-state index contributed by atoms with van der Waals surface area (Å²) in [5.41, 5.74) is 11.8. The summed E-state index contributed by atoms with van der Waals surface area (Å²) in [7, 11) is 0. The van der Waals surface area contributed by atoms with Crippen molar-refractivity contribution >= 4 is 82.0 Å².